The smallest absolute Gasteiger partial charge is 0.409 e. The summed E-state index contributed by atoms with van der Waals surface area (Å²) < 4.78 is 7.37. The molecule has 6 nitrogen and oxygen atoms in total. The lowest BCUT2D eigenvalue weighted by Crippen LogP contribution is -2.42. The van der Waals surface area contributed by atoms with E-state index in [9.17, 15) is 4.79 Å². The quantitative estimate of drug-likeness (QED) is 0.907. The molecule has 20 heavy (non-hydrogen) atoms. The van der Waals surface area contributed by atoms with Gasteiger partial charge in [0.25, 0.3) is 0 Å². The van der Waals surface area contributed by atoms with E-state index in [1.165, 1.54) is 5.69 Å². The second-order valence-electron chi connectivity index (χ2n) is 5.50. The number of likely N-dealkylation sites (tertiary alicyclic amines) is 1. The molecule has 1 aromatic heterocycles. The lowest BCUT2D eigenvalue weighted by Gasteiger charge is -2.35. The van der Waals surface area contributed by atoms with E-state index in [0.29, 0.717) is 18.6 Å². The highest BCUT2D eigenvalue weighted by atomic mass is 16.6. The minimum absolute atomic E-state index is 0.181. The first kappa shape index (κ1) is 13.4. The van der Waals surface area contributed by atoms with Gasteiger partial charge in [0.05, 0.1) is 12.9 Å². The van der Waals surface area contributed by atoms with Crippen molar-refractivity contribution in [2.75, 3.05) is 32.8 Å². The first-order valence-electron chi connectivity index (χ1n) is 7.43. The van der Waals surface area contributed by atoms with Gasteiger partial charge in [-0.05, 0) is 19.8 Å². The first-order valence-corrected chi connectivity index (χ1v) is 7.43. The van der Waals surface area contributed by atoms with Crippen molar-refractivity contribution < 1.29 is 9.53 Å². The van der Waals surface area contributed by atoms with Crippen LogP contribution in [0.3, 0.4) is 0 Å². The predicted octanol–water partition coefficient (Wildman–Crippen LogP) is 1.36. The van der Waals surface area contributed by atoms with Crippen molar-refractivity contribution >= 4 is 6.09 Å². The van der Waals surface area contributed by atoms with Crippen molar-refractivity contribution in [3.8, 4) is 0 Å². The molecule has 2 aliphatic rings. The molecule has 110 valence electrons. The van der Waals surface area contributed by atoms with Gasteiger partial charge < -0.3 is 19.5 Å². The molecule has 1 aromatic rings. The molecule has 0 unspecified atom stereocenters. The van der Waals surface area contributed by atoms with Crippen molar-refractivity contribution in [3.05, 3.63) is 18.2 Å². The van der Waals surface area contributed by atoms with E-state index in [1.807, 2.05) is 24.3 Å². The second kappa shape index (κ2) is 5.83. The summed E-state index contributed by atoms with van der Waals surface area (Å²) in [6, 6.07) is 0.457. The van der Waals surface area contributed by atoms with E-state index in [1.54, 1.807) is 0 Å². The number of imidazole rings is 1. The fourth-order valence-corrected chi connectivity index (χ4v) is 2.98. The Labute approximate surface area is 119 Å². The largest absolute Gasteiger partial charge is 0.450 e. The Kier molecular flexibility index (Phi) is 3.91. The standard InChI is InChI=1S/C14H22N4O2/c1-2-20-14(19)17-5-3-12(4-6-17)18-10-16-9-13(18)11-7-15-8-11/h9-12,15H,2-8H2,1H3. The normalized spacial score (nSPS) is 20.8. The van der Waals surface area contributed by atoms with Crippen LogP contribution in [0.4, 0.5) is 4.79 Å². The maximum absolute atomic E-state index is 11.7. The van der Waals surface area contributed by atoms with Crippen molar-refractivity contribution in [3.63, 3.8) is 0 Å². The molecule has 0 atom stereocenters. The monoisotopic (exact) mass is 278 g/mol. The SMILES string of the molecule is CCOC(=O)N1CCC(n2cncc2C2CNC2)CC1. The molecule has 0 aromatic carbocycles. The topological polar surface area (TPSA) is 59.4 Å². The molecule has 0 radical (unpaired) electrons. The van der Waals surface area contributed by atoms with E-state index in [4.69, 9.17) is 4.74 Å². The van der Waals surface area contributed by atoms with Crippen molar-refractivity contribution in [1.82, 2.24) is 19.8 Å². The molecular formula is C14H22N4O2. The average molecular weight is 278 g/mol. The number of rotatable bonds is 3. The highest BCUT2D eigenvalue weighted by molar-refractivity contribution is 5.67. The summed E-state index contributed by atoms with van der Waals surface area (Å²) in [5, 5.41) is 3.31. The van der Waals surface area contributed by atoms with Gasteiger partial charge in [-0.1, -0.05) is 0 Å². The minimum atomic E-state index is -0.181. The Balaban J connectivity index is 1.60. The molecule has 1 amide bonds. The van der Waals surface area contributed by atoms with Gasteiger partial charge in [-0.15, -0.1) is 0 Å². The van der Waals surface area contributed by atoms with Crippen LogP contribution in [0.15, 0.2) is 12.5 Å². The highest BCUT2D eigenvalue weighted by Crippen LogP contribution is 2.28. The summed E-state index contributed by atoms with van der Waals surface area (Å²) in [6.45, 7) is 5.92. The van der Waals surface area contributed by atoms with Gasteiger partial charge in [0.1, 0.15) is 0 Å². The molecule has 2 fully saturated rings. The van der Waals surface area contributed by atoms with E-state index >= 15 is 0 Å². The van der Waals surface area contributed by atoms with Crippen LogP contribution in [0, 0.1) is 0 Å². The molecule has 3 rings (SSSR count). The van der Waals surface area contributed by atoms with Gasteiger partial charge in [0, 0.05) is 50.0 Å². The zero-order valence-electron chi connectivity index (χ0n) is 11.9. The molecule has 0 aliphatic carbocycles. The van der Waals surface area contributed by atoms with Gasteiger partial charge >= 0.3 is 6.09 Å². The van der Waals surface area contributed by atoms with E-state index in [0.717, 1.165) is 39.0 Å². The van der Waals surface area contributed by atoms with E-state index in [2.05, 4.69) is 14.9 Å². The number of carbonyl (C=O) groups excluding carboxylic acids is 1. The van der Waals surface area contributed by atoms with Crippen molar-refractivity contribution in [2.24, 2.45) is 0 Å². The Morgan fingerprint density at radius 2 is 2.20 bits per heavy atom. The summed E-state index contributed by atoms with van der Waals surface area (Å²) in [7, 11) is 0. The van der Waals surface area contributed by atoms with Crippen LogP contribution in [0.5, 0.6) is 0 Å². The van der Waals surface area contributed by atoms with Gasteiger partial charge in [-0.25, -0.2) is 9.78 Å². The Morgan fingerprint density at radius 1 is 1.45 bits per heavy atom. The van der Waals surface area contributed by atoms with E-state index < -0.39 is 0 Å². The number of amides is 1. The number of carbonyl (C=O) groups is 1. The van der Waals surface area contributed by atoms with Crippen LogP contribution < -0.4 is 5.32 Å². The fourth-order valence-electron chi connectivity index (χ4n) is 2.98. The zero-order chi connectivity index (χ0) is 13.9. The van der Waals surface area contributed by atoms with Crippen LogP contribution in [-0.2, 0) is 4.74 Å². The average Bonchev–Trinajstić information content (AvgIpc) is 2.86. The maximum atomic E-state index is 11.7. The third-order valence-corrected chi connectivity index (χ3v) is 4.28. The fraction of sp³-hybridized carbons (Fsp3) is 0.714. The summed E-state index contributed by atoms with van der Waals surface area (Å²) in [5.74, 6) is 0.598. The minimum Gasteiger partial charge on any atom is -0.450 e. The van der Waals surface area contributed by atoms with E-state index in [-0.39, 0.29) is 6.09 Å². The molecular weight excluding hydrogens is 256 g/mol. The Bertz CT molecular complexity index is 461. The van der Waals surface area contributed by atoms with Gasteiger partial charge in [0.15, 0.2) is 0 Å². The van der Waals surface area contributed by atoms with Crippen LogP contribution in [0.1, 0.15) is 37.4 Å². The van der Waals surface area contributed by atoms with Crippen LogP contribution >= 0.6 is 0 Å². The number of nitrogens with zero attached hydrogens (tertiary/aromatic N) is 3. The number of aromatic nitrogens is 2. The third kappa shape index (κ3) is 2.52. The molecule has 0 saturated carbocycles. The predicted molar refractivity (Wildman–Crippen MR) is 74.7 cm³/mol. The van der Waals surface area contributed by atoms with Gasteiger partial charge in [-0.2, -0.15) is 0 Å². The molecule has 2 saturated heterocycles. The summed E-state index contributed by atoms with van der Waals surface area (Å²) in [5.41, 5.74) is 1.33. The second-order valence-corrected chi connectivity index (χ2v) is 5.50. The summed E-state index contributed by atoms with van der Waals surface area (Å²) in [4.78, 5) is 17.8. The lowest BCUT2D eigenvalue weighted by molar-refractivity contribution is 0.0923. The molecule has 3 heterocycles. The Morgan fingerprint density at radius 3 is 2.80 bits per heavy atom. The number of piperidine rings is 1. The molecule has 0 bridgehead atoms. The molecule has 2 aliphatic heterocycles. The number of ether oxygens (including phenoxy) is 1. The lowest BCUT2D eigenvalue weighted by atomic mass is 9.97. The number of hydrogen-bond acceptors (Lipinski definition) is 4. The van der Waals surface area contributed by atoms with Gasteiger partial charge in [-0.3, -0.25) is 0 Å². The highest BCUT2D eigenvalue weighted by Gasteiger charge is 2.28. The van der Waals surface area contributed by atoms with Gasteiger partial charge in [0.2, 0.25) is 0 Å². The number of hydrogen-bond donors (Lipinski definition) is 1. The molecule has 6 heteroatoms. The molecule has 0 spiro atoms. The van der Waals surface area contributed by atoms with Crippen LogP contribution in [0.2, 0.25) is 0 Å². The van der Waals surface area contributed by atoms with Crippen molar-refractivity contribution in [2.45, 2.75) is 31.7 Å². The summed E-state index contributed by atoms with van der Waals surface area (Å²) >= 11 is 0. The van der Waals surface area contributed by atoms with Crippen LogP contribution in [0.25, 0.3) is 0 Å². The zero-order valence-corrected chi connectivity index (χ0v) is 11.9. The summed E-state index contributed by atoms with van der Waals surface area (Å²) in [6.07, 6.45) is 5.70. The maximum Gasteiger partial charge on any atom is 0.409 e. The third-order valence-electron chi connectivity index (χ3n) is 4.28. The number of nitrogens with one attached hydrogen (secondary N) is 1. The first-order chi connectivity index (χ1) is 9.79. The van der Waals surface area contributed by atoms with Crippen LogP contribution in [-0.4, -0.2) is 53.3 Å². The Hall–Kier alpha value is -1.56. The molecule has 1 N–H and O–H groups in total. The van der Waals surface area contributed by atoms with Crippen molar-refractivity contribution in [1.29, 1.82) is 0 Å².